The second-order valence-corrected chi connectivity index (χ2v) is 4.99. The van der Waals surface area contributed by atoms with Gasteiger partial charge in [0.15, 0.2) is 0 Å². The minimum Gasteiger partial charge on any atom is -0.467 e. The van der Waals surface area contributed by atoms with Crippen molar-refractivity contribution in [3.05, 3.63) is 0 Å². The first-order valence-corrected chi connectivity index (χ1v) is 7.04. The third-order valence-corrected chi connectivity index (χ3v) is 3.60. The van der Waals surface area contributed by atoms with Gasteiger partial charge in [-0.1, -0.05) is 6.92 Å². The Balaban J connectivity index is 2.02. The van der Waals surface area contributed by atoms with E-state index in [1.165, 1.54) is 6.42 Å². The van der Waals surface area contributed by atoms with Gasteiger partial charge in [0.25, 0.3) is 0 Å². The smallest absolute Gasteiger partial charge is 0.322 e. The van der Waals surface area contributed by atoms with Crippen molar-refractivity contribution in [1.29, 1.82) is 0 Å². The Morgan fingerprint density at radius 3 is 2.30 bits per heavy atom. The van der Waals surface area contributed by atoms with E-state index in [-0.39, 0.29) is 5.60 Å². The van der Waals surface area contributed by atoms with E-state index < -0.39 is 0 Å². The first-order chi connectivity index (χ1) is 9.71. The van der Waals surface area contributed by atoms with Gasteiger partial charge < -0.3 is 20.1 Å². The van der Waals surface area contributed by atoms with Crippen molar-refractivity contribution in [2.75, 3.05) is 37.9 Å². The standard InChI is InChI=1S/C13H23N5O2/c1-4-8-14-10-16-11(18-12(17-10)19-2)15-9-13(20-3)6-5-7-13/h4-9H2,1-3H3,(H2,14,15,16,17,18). The molecule has 0 unspecified atom stereocenters. The number of nitrogens with one attached hydrogen (secondary N) is 2. The van der Waals surface area contributed by atoms with E-state index in [0.717, 1.165) is 25.8 Å². The van der Waals surface area contributed by atoms with Gasteiger partial charge in [-0.2, -0.15) is 15.0 Å². The molecular weight excluding hydrogens is 258 g/mol. The monoisotopic (exact) mass is 281 g/mol. The number of methoxy groups -OCH3 is 2. The van der Waals surface area contributed by atoms with Crippen LogP contribution in [0.3, 0.4) is 0 Å². The molecule has 0 saturated heterocycles. The maximum Gasteiger partial charge on any atom is 0.322 e. The number of hydrogen-bond acceptors (Lipinski definition) is 7. The number of nitrogens with zero attached hydrogens (tertiary/aromatic N) is 3. The fraction of sp³-hybridized carbons (Fsp3) is 0.769. The molecule has 0 atom stereocenters. The molecule has 1 aromatic heterocycles. The summed E-state index contributed by atoms with van der Waals surface area (Å²) in [5, 5.41) is 6.36. The molecule has 2 N–H and O–H groups in total. The third kappa shape index (κ3) is 3.47. The highest BCUT2D eigenvalue weighted by atomic mass is 16.5. The van der Waals surface area contributed by atoms with Crippen molar-refractivity contribution < 1.29 is 9.47 Å². The Hall–Kier alpha value is -1.63. The highest BCUT2D eigenvalue weighted by Crippen LogP contribution is 2.34. The Bertz CT molecular complexity index is 431. The largest absolute Gasteiger partial charge is 0.467 e. The normalized spacial score (nSPS) is 16.4. The van der Waals surface area contributed by atoms with Crippen molar-refractivity contribution in [3.63, 3.8) is 0 Å². The summed E-state index contributed by atoms with van der Waals surface area (Å²) in [6.07, 6.45) is 4.35. The molecular formula is C13H23N5O2. The van der Waals surface area contributed by atoms with E-state index in [1.54, 1.807) is 14.2 Å². The Kier molecular flexibility index (Phi) is 4.94. The molecule has 0 radical (unpaired) electrons. The van der Waals surface area contributed by atoms with Crippen LogP contribution in [0, 0.1) is 0 Å². The van der Waals surface area contributed by atoms with Crippen LogP contribution in [0.15, 0.2) is 0 Å². The molecule has 1 fully saturated rings. The lowest BCUT2D eigenvalue weighted by Crippen LogP contribution is -2.45. The zero-order valence-electron chi connectivity index (χ0n) is 12.4. The Morgan fingerprint density at radius 2 is 1.80 bits per heavy atom. The summed E-state index contributed by atoms with van der Waals surface area (Å²) in [4.78, 5) is 12.7. The molecule has 0 bridgehead atoms. The van der Waals surface area contributed by atoms with Crippen molar-refractivity contribution >= 4 is 11.9 Å². The molecule has 1 aliphatic rings. The Labute approximate surface area is 119 Å². The van der Waals surface area contributed by atoms with Crippen molar-refractivity contribution in [2.45, 2.75) is 38.2 Å². The highest BCUT2D eigenvalue weighted by Gasteiger charge is 2.36. The highest BCUT2D eigenvalue weighted by molar-refractivity contribution is 5.36. The zero-order valence-corrected chi connectivity index (χ0v) is 12.4. The predicted molar refractivity (Wildman–Crippen MR) is 77.2 cm³/mol. The van der Waals surface area contributed by atoms with Crippen LogP contribution in [0.4, 0.5) is 11.9 Å². The fourth-order valence-corrected chi connectivity index (χ4v) is 2.11. The van der Waals surface area contributed by atoms with Crippen LogP contribution in [-0.4, -0.2) is 47.9 Å². The van der Waals surface area contributed by atoms with Crippen LogP contribution < -0.4 is 15.4 Å². The van der Waals surface area contributed by atoms with Gasteiger partial charge in [0.1, 0.15) is 0 Å². The van der Waals surface area contributed by atoms with Crippen LogP contribution in [-0.2, 0) is 4.74 Å². The van der Waals surface area contributed by atoms with Crippen molar-refractivity contribution in [2.24, 2.45) is 0 Å². The Morgan fingerprint density at radius 1 is 1.10 bits per heavy atom. The van der Waals surface area contributed by atoms with Crippen molar-refractivity contribution in [1.82, 2.24) is 15.0 Å². The predicted octanol–water partition coefficient (Wildman–Crippen LogP) is 1.68. The molecule has 7 heteroatoms. The molecule has 20 heavy (non-hydrogen) atoms. The van der Waals surface area contributed by atoms with Gasteiger partial charge in [-0.05, 0) is 25.7 Å². The number of aromatic nitrogens is 3. The SMILES string of the molecule is CCCNc1nc(NCC2(OC)CCC2)nc(OC)n1. The van der Waals surface area contributed by atoms with Gasteiger partial charge in [0.05, 0.1) is 12.7 Å². The summed E-state index contributed by atoms with van der Waals surface area (Å²) in [5.41, 5.74) is -0.0725. The molecule has 0 spiro atoms. The molecule has 1 saturated carbocycles. The van der Waals surface area contributed by atoms with E-state index in [0.29, 0.717) is 24.5 Å². The van der Waals surface area contributed by atoms with Crippen molar-refractivity contribution in [3.8, 4) is 6.01 Å². The minimum absolute atomic E-state index is 0.0725. The first kappa shape index (κ1) is 14.8. The van der Waals surface area contributed by atoms with Gasteiger partial charge in [-0.15, -0.1) is 0 Å². The second-order valence-electron chi connectivity index (χ2n) is 4.99. The van der Waals surface area contributed by atoms with E-state index in [9.17, 15) is 0 Å². The van der Waals surface area contributed by atoms with E-state index in [1.807, 2.05) is 0 Å². The van der Waals surface area contributed by atoms with Gasteiger partial charge in [0, 0.05) is 20.2 Å². The second kappa shape index (κ2) is 6.69. The lowest BCUT2D eigenvalue weighted by atomic mass is 9.80. The van der Waals surface area contributed by atoms with Crippen LogP contribution in [0.2, 0.25) is 0 Å². The molecule has 0 aliphatic heterocycles. The molecule has 0 amide bonds. The summed E-state index contributed by atoms with van der Waals surface area (Å²) in [7, 11) is 3.30. The van der Waals surface area contributed by atoms with E-state index in [4.69, 9.17) is 9.47 Å². The summed E-state index contributed by atoms with van der Waals surface area (Å²) in [6, 6.07) is 0.307. The third-order valence-electron chi connectivity index (χ3n) is 3.60. The van der Waals surface area contributed by atoms with E-state index >= 15 is 0 Å². The van der Waals surface area contributed by atoms with Crippen LogP contribution in [0.25, 0.3) is 0 Å². The molecule has 1 aromatic rings. The molecule has 0 aromatic carbocycles. The average Bonchev–Trinajstić information content (AvgIpc) is 2.44. The number of anilines is 2. The number of rotatable bonds is 8. The fourth-order valence-electron chi connectivity index (χ4n) is 2.11. The molecule has 2 rings (SSSR count). The number of ether oxygens (including phenoxy) is 2. The summed E-state index contributed by atoms with van der Waals surface area (Å²) in [5.74, 6) is 1.04. The van der Waals surface area contributed by atoms with Gasteiger partial charge in [-0.3, -0.25) is 0 Å². The topological polar surface area (TPSA) is 81.2 Å². The zero-order chi connectivity index (χ0) is 14.4. The quantitative estimate of drug-likeness (QED) is 0.750. The summed E-state index contributed by atoms with van der Waals surface area (Å²) in [6.45, 7) is 3.60. The number of hydrogen-bond donors (Lipinski definition) is 2. The molecule has 1 heterocycles. The van der Waals surface area contributed by atoms with Gasteiger partial charge >= 0.3 is 6.01 Å². The lowest BCUT2D eigenvalue weighted by molar-refractivity contribution is -0.0602. The van der Waals surface area contributed by atoms with Gasteiger partial charge in [0.2, 0.25) is 11.9 Å². The lowest BCUT2D eigenvalue weighted by Gasteiger charge is -2.40. The maximum absolute atomic E-state index is 5.57. The minimum atomic E-state index is -0.0725. The van der Waals surface area contributed by atoms with Gasteiger partial charge in [-0.25, -0.2) is 0 Å². The van der Waals surface area contributed by atoms with Crippen LogP contribution in [0.1, 0.15) is 32.6 Å². The maximum atomic E-state index is 5.57. The van der Waals surface area contributed by atoms with Crippen LogP contribution in [0.5, 0.6) is 6.01 Å². The van der Waals surface area contributed by atoms with Crippen LogP contribution >= 0.6 is 0 Å². The average molecular weight is 281 g/mol. The first-order valence-electron chi connectivity index (χ1n) is 7.04. The summed E-state index contributed by atoms with van der Waals surface area (Å²) < 4.78 is 10.7. The molecule has 112 valence electrons. The molecule has 1 aliphatic carbocycles. The summed E-state index contributed by atoms with van der Waals surface area (Å²) >= 11 is 0. The van der Waals surface area contributed by atoms with E-state index in [2.05, 4.69) is 32.5 Å². The molecule has 7 nitrogen and oxygen atoms in total.